The third kappa shape index (κ3) is 3.83. The van der Waals surface area contributed by atoms with Crippen molar-refractivity contribution in [1.82, 2.24) is 9.80 Å². The van der Waals surface area contributed by atoms with Gasteiger partial charge in [-0.25, -0.2) is 9.18 Å². The van der Waals surface area contributed by atoms with Crippen LogP contribution in [0.2, 0.25) is 0 Å². The first kappa shape index (κ1) is 15.2. The Labute approximate surface area is 109 Å². The van der Waals surface area contributed by atoms with Crippen LogP contribution in [0.15, 0.2) is 0 Å². The summed E-state index contributed by atoms with van der Waals surface area (Å²) < 4.78 is 13.9. The number of likely N-dealkylation sites (tertiary alicyclic amines) is 1. The van der Waals surface area contributed by atoms with Crippen molar-refractivity contribution in [2.24, 2.45) is 0 Å². The number of nitrogens with zero attached hydrogens (tertiary/aromatic N) is 2. The molecule has 1 unspecified atom stereocenters. The fourth-order valence-electron chi connectivity index (χ4n) is 2.56. The summed E-state index contributed by atoms with van der Waals surface area (Å²) in [4.78, 5) is 14.5. The van der Waals surface area contributed by atoms with Crippen molar-refractivity contribution in [3.05, 3.63) is 0 Å². The normalized spacial score (nSPS) is 20.1. The minimum absolute atomic E-state index is 0.168. The van der Waals surface area contributed by atoms with E-state index in [2.05, 4.69) is 18.7 Å². The lowest BCUT2D eigenvalue weighted by molar-refractivity contribution is 0.0125. The zero-order valence-corrected chi connectivity index (χ0v) is 11.6. The molecule has 1 rings (SSSR count). The molecule has 106 valence electrons. The SMILES string of the molecule is CCCC(F)N(C(=O)O)C1CCN(C(C)C)CC1. The molecule has 1 amide bonds. The summed E-state index contributed by atoms with van der Waals surface area (Å²) in [6.45, 7) is 7.83. The molecule has 5 heteroatoms. The lowest BCUT2D eigenvalue weighted by atomic mass is 10.0. The van der Waals surface area contributed by atoms with E-state index in [9.17, 15) is 9.18 Å². The van der Waals surface area contributed by atoms with Crippen LogP contribution in [0.4, 0.5) is 9.18 Å². The molecule has 0 radical (unpaired) electrons. The van der Waals surface area contributed by atoms with Gasteiger partial charge >= 0.3 is 6.09 Å². The molecule has 0 aromatic rings. The van der Waals surface area contributed by atoms with Gasteiger partial charge < -0.3 is 10.0 Å². The first-order chi connectivity index (χ1) is 8.47. The fourth-order valence-corrected chi connectivity index (χ4v) is 2.56. The highest BCUT2D eigenvalue weighted by Crippen LogP contribution is 2.22. The Morgan fingerprint density at radius 3 is 2.39 bits per heavy atom. The number of piperidine rings is 1. The zero-order chi connectivity index (χ0) is 13.7. The molecular formula is C13H25FN2O2. The predicted octanol–water partition coefficient (Wildman–Crippen LogP) is 2.93. The van der Waals surface area contributed by atoms with Crippen LogP contribution < -0.4 is 0 Å². The summed E-state index contributed by atoms with van der Waals surface area (Å²) in [5.41, 5.74) is 0. The highest BCUT2D eigenvalue weighted by Gasteiger charge is 2.33. The van der Waals surface area contributed by atoms with Crippen molar-refractivity contribution in [2.75, 3.05) is 13.1 Å². The van der Waals surface area contributed by atoms with Crippen LogP contribution in [0.5, 0.6) is 0 Å². The second-order valence-corrected chi connectivity index (χ2v) is 5.27. The van der Waals surface area contributed by atoms with Crippen LogP contribution in [0.25, 0.3) is 0 Å². The number of carboxylic acid groups (broad SMARTS) is 1. The van der Waals surface area contributed by atoms with Gasteiger partial charge in [-0.1, -0.05) is 13.3 Å². The quantitative estimate of drug-likeness (QED) is 0.773. The monoisotopic (exact) mass is 260 g/mol. The van der Waals surface area contributed by atoms with Gasteiger partial charge in [-0.3, -0.25) is 4.90 Å². The van der Waals surface area contributed by atoms with Crippen LogP contribution in [-0.4, -0.2) is 52.5 Å². The summed E-state index contributed by atoms with van der Waals surface area (Å²) in [6.07, 6.45) is -0.0718. The van der Waals surface area contributed by atoms with E-state index in [0.717, 1.165) is 30.8 Å². The Morgan fingerprint density at radius 2 is 2.00 bits per heavy atom. The molecule has 0 aliphatic carbocycles. The van der Waals surface area contributed by atoms with E-state index >= 15 is 0 Å². The number of amides is 1. The highest BCUT2D eigenvalue weighted by molar-refractivity contribution is 5.65. The van der Waals surface area contributed by atoms with Gasteiger partial charge in [0.1, 0.15) is 0 Å². The number of alkyl halides is 1. The van der Waals surface area contributed by atoms with E-state index in [0.29, 0.717) is 12.5 Å². The van der Waals surface area contributed by atoms with Crippen molar-refractivity contribution in [3.8, 4) is 0 Å². The van der Waals surface area contributed by atoms with E-state index in [1.165, 1.54) is 0 Å². The summed E-state index contributed by atoms with van der Waals surface area (Å²) in [7, 11) is 0. The van der Waals surface area contributed by atoms with Gasteiger partial charge in [0.15, 0.2) is 6.30 Å². The molecule has 1 fully saturated rings. The van der Waals surface area contributed by atoms with Crippen LogP contribution >= 0.6 is 0 Å². The molecule has 0 bridgehead atoms. The molecule has 1 saturated heterocycles. The summed E-state index contributed by atoms with van der Waals surface area (Å²) in [5.74, 6) is 0. The third-order valence-electron chi connectivity index (χ3n) is 3.67. The van der Waals surface area contributed by atoms with Crippen molar-refractivity contribution >= 4 is 6.09 Å². The van der Waals surface area contributed by atoms with E-state index < -0.39 is 12.4 Å². The Bertz CT molecular complexity index is 266. The van der Waals surface area contributed by atoms with Crippen LogP contribution in [-0.2, 0) is 0 Å². The molecule has 1 heterocycles. The Morgan fingerprint density at radius 1 is 1.44 bits per heavy atom. The van der Waals surface area contributed by atoms with Crippen molar-refractivity contribution in [1.29, 1.82) is 0 Å². The number of carbonyl (C=O) groups is 1. The number of rotatable bonds is 5. The third-order valence-corrected chi connectivity index (χ3v) is 3.67. The lowest BCUT2D eigenvalue weighted by Gasteiger charge is -2.39. The molecule has 0 spiro atoms. The molecule has 0 saturated carbocycles. The molecular weight excluding hydrogens is 235 g/mol. The Balaban J connectivity index is 2.58. The van der Waals surface area contributed by atoms with Crippen LogP contribution in [0.1, 0.15) is 46.5 Å². The summed E-state index contributed by atoms with van der Waals surface area (Å²) in [5, 5.41) is 9.17. The standard InChI is InChI=1S/C13H25FN2O2/c1-4-5-12(14)16(13(17)18)11-6-8-15(9-7-11)10(2)3/h10-12H,4-9H2,1-3H3,(H,17,18). The first-order valence-electron chi connectivity index (χ1n) is 6.86. The topological polar surface area (TPSA) is 43.8 Å². The molecule has 1 N–H and O–H groups in total. The minimum Gasteiger partial charge on any atom is -0.465 e. The number of halogens is 1. The smallest absolute Gasteiger partial charge is 0.409 e. The van der Waals surface area contributed by atoms with Crippen molar-refractivity contribution < 1.29 is 14.3 Å². The number of hydrogen-bond donors (Lipinski definition) is 1. The minimum atomic E-state index is -1.36. The number of hydrogen-bond acceptors (Lipinski definition) is 2. The molecule has 1 atom stereocenters. The molecule has 1 aliphatic heterocycles. The average Bonchev–Trinajstić information content (AvgIpc) is 2.29. The van der Waals surface area contributed by atoms with Gasteiger partial charge in [-0.05, 0) is 33.1 Å². The largest absolute Gasteiger partial charge is 0.465 e. The maximum atomic E-state index is 13.9. The van der Waals surface area contributed by atoms with Gasteiger partial charge in [0, 0.05) is 25.2 Å². The van der Waals surface area contributed by atoms with E-state index in [1.807, 2.05) is 6.92 Å². The van der Waals surface area contributed by atoms with Crippen molar-refractivity contribution in [2.45, 2.75) is 64.8 Å². The molecule has 0 aromatic carbocycles. The molecule has 18 heavy (non-hydrogen) atoms. The van der Waals surface area contributed by atoms with Gasteiger partial charge in [0.25, 0.3) is 0 Å². The highest BCUT2D eigenvalue weighted by atomic mass is 19.1. The van der Waals surface area contributed by atoms with Gasteiger partial charge in [-0.15, -0.1) is 0 Å². The van der Waals surface area contributed by atoms with E-state index in [4.69, 9.17) is 5.11 Å². The fraction of sp³-hybridized carbons (Fsp3) is 0.923. The molecule has 4 nitrogen and oxygen atoms in total. The predicted molar refractivity (Wildman–Crippen MR) is 69.4 cm³/mol. The van der Waals surface area contributed by atoms with Crippen LogP contribution in [0, 0.1) is 0 Å². The Hall–Kier alpha value is -0.840. The molecule has 1 aliphatic rings. The maximum absolute atomic E-state index is 13.9. The van der Waals surface area contributed by atoms with Crippen molar-refractivity contribution in [3.63, 3.8) is 0 Å². The first-order valence-corrected chi connectivity index (χ1v) is 6.86. The molecule has 0 aromatic heterocycles. The van der Waals surface area contributed by atoms with Gasteiger partial charge in [-0.2, -0.15) is 0 Å². The maximum Gasteiger partial charge on any atom is 0.409 e. The lowest BCUT2D eigenvalue weighted by Crippen LogP contribution is -2.51. The Kier molecular flexibility index (Phi) is 5.85. The second kappa shape index (κ2) is 6.92. The van der Waals surface area contributed by atoms with Gasteiger partial charge in [0.05, 0.1) is 0 Å². The van der Waals surface area contributed by atoms with E-state index in [1.54, 1.807) is 0 Å². The van der Waals surface area contributed by atoms with Gasteiger partial charge in [0.2, 0.25) is 0 Å². The van der Waals surface area contributed by atoms with E-state index in [-0.39, 0.29) is 12.5 Å². The second-order valence-electron chi connectivity index (χ2n) is 5.27. The van der Waals surface area contributed by atoms with Crippen LogP contribution in [0.3, 0.4) is 0 Å². The average molecular weight is 260 g/mol. The zero-order valence-electron chi connectivity index (χ0n) is 11.6. The summed E-state index contributed by atoms with van der Waals surface area (Å²) >= 11 is 0. The summed E-state index contributed by atoms with van der Waals surface area (Å²) in [6, 6.07) is 0.306.